The van der Waals surface area contributed by atoms with Gasteiger partial charge in [0.2, 0.25) is 11.8 Å². The number of amidine groups is 1. The summed E-state index contributed by atoms with van der Waals surface area (Å²) >= 11 is 1.31. The smallest absolute Gasteiger partial charge is 0.240 e. The number of rotatable bonds is 5. The molecule has 0 bridgehead atoms. The van der Waals surface area contributed by atoms with Crippen molar-refractivity contribution < 1.29 is 9.59 Å². The number of amides is 2. The molecule has 1 heterocycles. The van der Waals surface area contributed by atoms with Crippen LogP contribution >= 0.6 is 11.8 Å². The van der Waals surface area contributed by atoms with Gasteiger partial charge in [0.1, 0.15) is 5.25 Å². The van der Waals surface area contributed by atoms with E-state index in [2.05, 4.69) is 22.5 Å². The van der Waals surface area contributed by atoms with Gasteiger partial charge in [0.15, 0.2) is 5.17 Å². The lowest BCUT2D eigenvalue weighted by Gasteiger charge is -2.09. The SMILES string of the molecule is CCc1cccc(C)c1N=C1NC(=O)[C@@H](CC(=O)Nc2ccc3ccccc3c2)S1. The number of para-hydroxylation sites is 1. The van der Waals surface area contributed by atoms with Crippen LogP contribution in [0.5, 0.6) is 0 Å². The van der Waals surface area contributed by atoms with Gasteiger partial charge in [0, 0.05) is 12.1 Å². The molecule has 0 aliphatic carbocycles. The lowest BCUT2D eigenvalue weighted by molar-refractivity contribution is -0.122. The van der Waals surface area contributed by atoms with Crippen molar-refractivity contribution in [3.8, 4) is 0 Å². The first-order valence-corrected chi connectivity index (χ1v) is 10.8. The third-order valence-electron chi connectivity index (χ3n) is 5.10. The number of aryl methyl sites for hydroxylation is 2. The maximum atomic E-state index is 12.5. The minimum Gasteiger partial charge on any atom is -0.326 e. The van der Waals surface area contributed by atoms with Crippen LogP contribution < -0.4 is 10.6 Å². The Hall–Kier alpha value is -3.12. The van der Waals surface area contributed by atoms with Crippen molar-refractivity contribution >= 4 is 50.9 Å². The Bertz CT molecular complexity index is 1160. The quantitative estimate of drug-likeness (QED) is 0.616. The number of nitrogens with one attached hydrogen (secondary N) is 2. The second-order valence-corrected chi connectivity index (χ2v) is 8.45. The molecule has 0 aromatic heterocycles. The third-order valence-corrected chi connectivity index (χ3v) is 6.18. The first-order valence-electron chi connectivity index (χ1n) is 9.97. The van der Waals surface area contributed by atoms with E-state index in [1.165, 1.54) is 11.8 Å². The molecule has 2 amide bonds. The zero-order chi connectivity index (χ0) is 21.1. The molecule has 2 N–H and O–H groups in total. The molecule has 152 valence electrons. The number of thioether (sulfide) groups is 1. The van der Waals surface area contributed by atoms with Crippen molar-refractivity contribution in [2.24, 2.45) is 4.99 Å². The van der Waals surface area contributed by atoms with Crippen LogP contribution in [-0.4, -0.2) is 22.2 Å². The zero-order valence-corrected chi connectivity index (χ0v) is 17.8. The van der Waals surface area contributed by atoms with E-state index in [4.69, 9.17) is 0 Å². The van der Waals surface area contributed by atoms with Crippen LogP contribution in [0.15, 0.2) is 65.7 Å². The molecule has 1 saturated heterocycles. The molecule has 0 spiro atoms. The number of aliphatic imine (C=N–C) groups is 1. The Balaban J connectivity index is 1.44. The normalized spacial score (nSPS) is 17.3. The summed E-state index contributed by atoms with van der Waals surface area (Å²) in [5, 5.41) is 7.95. The van der Waals surface area contributed by atoms with E-state index in [-0.39, 0.29) is 18.2 Å². The van der Waals surface area contributed by atoms with E-state index in [0.29, 0.717) is 5.17 Å². The van der Waals surface area contributed by atoms with Gasteiger partial charge in [-0.25, -0.2) is 4.99 Å². The van der Waals surface area contributed by atoms with E-state index in [1.54, 1.807) is 0 Å². The molecule has 1 atom stereocenters. The number of fused-ring (bicyclic) bond motifs is 1. The number of anilines is 1. The molecular weight excluding hydrogens is 394 g/mol. The predicted molar refractivity (Wildman–Crippen MR) is 124 cm³/mol. The van der Waals surface area contributed by atoms with Crippen LogP contribution in [0.3, 0.4) is 0 Å². The summed E-state index contributed by atoms with van der Waals surface area (Å²) in [5.74, 6) is -0.372. The summed E-state index contributed by atoms with van der Waals surface area (Å²) in [4.78, 5) is 29.6. The highest BCUT2D eigenvalue weighted by molar-refractivity contribution is 8.15. The highest BCUT2D eigenvalue weighted by Gasteiger charge is 2.32. The fourth-order valence-corrected chi connectivity index (χ4v) is 4.48. The standard InChI is InChI=1S/C24H23N3O2S/c1-3-16-10-6-7-15(2)22(16)26-24-27-23(29)20(30-24)14-21(28)25-19-12-11-17-8-4-5-9-18(17)13-19/h4-13,20H,3,14H2,1-2H3,(H,25,28)(H,26,27,29)/t20-/m1/s1. The Morgan fingerprint density at radius 1 is 1.10 bits per heavy atom. The van der Waals surface area contributed by atoms with Gasteiger partial charge in [-0.1, -0.05) is 67.2 Å². The molecule has 1 aliphatic rings. The maximum absolute atomic E-state index is 12.5. The third kappa shape index (κ3) is 4.39. The molecule has 1 fully saturated rings. The monoisotopic (exact) mass is 417 g/mol. The Morgan fingerprint density at radius 3 is 2.70 bits per heavy atom. The highest BCUT2D eigenvalue weighted by Crippen LogP contribution is 2.30. The topological polar surface area (TPSA) is 70.6 Å². The molecule has 5 nitrogen and oxygen atoms in total. The van der Waals surface area contributed by atoms with E-state index < -0.39 is 5.25 Å². The average Bonchev–Trinajstić information content (AvgIpc) is 3.08. The summed E-state index contributed by atoms with van der Waals surface area (Å²) in [7, 11) is 0. The van der Waals surface area contributed by atoms with Crippen LogP contribution in [-0.2, 0) is 16.0 Å². The number of nitrogens with zero attached hydrogens (tertiary/aromatic N) is 1. The van der Waals surface area contributed by atoms with Crippen LogP contribution in [0.1, 0.15) is 24.5 Å². The van der Waals surface area contributed by atoms with Gasteiger partial charge in [0.05, 0.1) is 5.69 Å². The molecule has 4 rings (SSSR count). The number of carbonyl (C=O) groups excluding carboxylic acids is 2. The first-order chi connectivity index (χ1) is 14.5. The van der Waals surface area contributed by atoms with Gasteiger partial charge in [-0.15, -0.1) is 0 Å². The van der Waals surface area contributed by atoms with E-state index >= 15 is 0 Å². The summed E-state index contributed by atoms with van der Waals surface area (Å²) < 4.78 is 0. The Kier molecular flexibility index (Phi) is 5.86. The zero-order valence-electron chi connectivity index (χ0n) is 16.9. The lowest BCUT2D eigenvalue weighted by atomic mass is 10.1. The van der Waals surface area contributed by atoms with Gasteiger partial charge in [-0.2, -0.15) is 0 Å². The fourth-order valence-electron chi connectivity index (χ4n) is 3.51. The van der Waals surface area contributed by atoms with E-state index in [9.17, 15) is 9.59 Å². The van der Waals surface area contributed by atoms with Crippen LogP contribution in [0.4, 0.5) is 11.4 Å². The molecule has 0 saturated carbocycles. The molecule has 0 radical (unpaired) electrons. The van der Waals surface area contributed by atoms with Gasteiger partial charge in [-0.3, -0.25) is 9.59 Å². The van der Waals surface area contributed by atoms with Crippen LogP contribution in [0, 0.1) is 6.92 Å². The van der Waals surface area contributed by atoms with Crippen molar-refractivity contribution in [3.05, 3.63) is 71.8 Å². The molecule has 3 aromatic rings. The van der Waals surface area contributed by atoms with Crippen molar-refractivity contribution in [3.63, 3.8) is 0 Å². The fraction of sp³-hybridized carbons (Fsp3) is 0.208. The number of benzene rings is 3. The molecule has 3 aromatic carbocycles. The van der Waals surface area contributed by atoms with Gasteiger partial charge >= 0.3 is 0 Å². The molecule has 30 heavy (non-hydrogen) atoms. The second kappa shape index (κ2) is 8.71. The largest absolute Gasteiger partial charge is 0.326 e. The number of carbonyl (C=O) groups is 2. The number of hydrogen-bond acceptors (Lipinski definition) is 4. The van der Waals surface area contributed by atoms with Gasteiger partial charge < -0.3 is 10.6 Å². The number of hydrogen-bond donors (Lipinski definition) is 2. The van der Waals surface area contributed by atoms with Crippen LogP contribution in [0.25, 0.3) is 10.8 Å². The Morgan fingerprint density at radius 2 is 1.90 bits per heavy atom. The first kappa shape index (κ1) is 20.2. The van der Waals surface area contributed by atoms with Crippen LogP contribution in [0.2, 0.25) is 0 Å². The average molecular weight is 418 g/mol. The molecular formula is C24H23N3O2S. The minimum atomic E-state index is -0.488. The minimum absolute atomic E-state index is 0.0940. The lowest BCUT2D eigenvalue weighted by Crippen LogP contribution is -2.28. The van der Waals surface area contributed by atoms with E-state index in [0.717, 1.165) is 39.7 Å². The van der Waals surface area contributed by atoms with Crippen molar-refractivity contribution in [2.45, 2.75) is 31.9 Å². The summed E-state index contributed by atoms with van der Waals surface area (Å²) in [6.45, 7) is 4.09. The van der Waals surface area contributed by atoms with Crippen molar-refractivity contribution in [1.29, 1.82) is 0 Å². The molecule has 0 unspecified atom stereocenters. The Labute approximate surface area is 180 Å². The van der Waals surface area contributed by atoms with Crippen molar-refractivity contribution in [1.82, 2.24) is 5.32 Å². The van der Waals surface area contributed by atoms with E-state index in [1.807, 2.05) is 67.6 Å². The summed E-state index contributed by atoms with van der Waals surface area (Å²) in [6, 6.07) is 19.8. The highest BCUT2D eigenvalue weighted by atomic mass is 32.2. The second-order valence-electron chi connectivity index (χ2n) is 7.26. The molecule has 1 aliphatic heterocycles. The summed E-state index contributed by atoms with van der Waals surface area (Å²) in [6.07, 6.45) is 0.959. The summed E-state index contributed by atoms with van der Waals surface area (Å²) in [5.41, 5.74) is 3.82. The van der Waals surface area contributed by atoms with Gasteiger partial charge in [0.25, 0.3) is 0 Å². The van der Waals surface area contributed by atoms with Crippen molar-refractivity contribution in [2.75, 3.05) is 5.32 Å². The predicted octanol–water partition coefficient (Wildman–Crippen LogP) is 4.96. The maximum Gasteiger partial charge on any atom is 0.240 e. The molecule has 6 heteroatoms. The van der Waals surface area contributed by atoms with Gasteiger partial charge in [-0.05, 0) is 47.4 Å².